The van der Waals surface area contributed by atoms with Crippen molar-refractivity contribution in [2.75, 3.05) is 0 Å². The largest absolute Gasteiger partial charge is 0.385 e. The highest BCUT2D eigenvalue weighted by Crippen LogP contribution is 2.24. The molecule has 0 saturated heterocycles. The summed E-state index contributed by atoms with van der Waals surface area (Å²) >= 11 is 0. The maximum absolute atomic E-state index is 10.4. The van der Waals surface area contributed by atoms with Crippen LogP contribution in [0.25, 0.3) is 0 Å². The van der Waals surface area contributed by atoms with Gasteiger partial charge in [-0.15, -0.1) is 0 Å². The Bertz CT molecular complexity index is 613. The fourth-order valence-corrected chi connectivity index (χ4v) is 1.91. The van der Waals surface area contributed by atoms with Gasteiger partial charge >= 0.3 is 0 Å². The van der Waals surface area contributed by atoms with Crippen molar-refractivity contribution in [1.29, 1.82) is 0 Å². The van der Waals surface area contributed by atoms with E-state index >= 15 is 0 Å². The van der Waals surface area contributed by atoms with Crippen LogP contribution in [0.2, 0.25) is 0 Å². The molecule has 20 heavy (non-hydrogen) atoms. The average Bonchev–Trinajstić information content (AvgIpc) is 2.49. The summed E-state index contributed by atoms with van der Waals surface area (Å²) in [6.07, 6.45) is 4.24. The van der Waals surface area contributed by atoms with Crippen LogP contribution in [-0.4, -0.2) is 5.11 Å². The van der Waals surface area contributed by atoms with Crippen molar-refractivity contribution in [3.8, 4) is 11.8 Å². The molecule has 2 aromatic carbocycles. The van der Waals surface area contributed by atoms with Gasteiger partial charge in [-0.2, -0.15) is 0 Å². The molecular weight excluding hydrogens is 244 g/mol. The van der Waals surface area contributed by atoms with E-state index in [0.29, 0.717) is 6.42 Å². The Labute approximate surface area is 120 Å². The third-order valence-electron chi connectivity index (χ3n) is 3.10. The number of hydrogen-bond donors (Lipinski definition) is 1. The molecule has 2 aromatic rings. The van der Waals surface area contributed by atoms with Gasteiger partial charge < -0.3 is 5.11 Å². The first kappa shape index (κ1) is 14.1. The van der Waals surface area contributed by atoms with Crippen LogP contribution in [0.1, 0.15) is 24.5 Å². The van der Waals surface area contributed by atoms with E-state index in [1.165, 1.54) is 0 Å². The van der Waals surface area contributed by atoms with E-state index < -0.39 is 5.60 Å². The van der Waals surface area contributed by atoms with Gasteiger partial charge in [-0.3, -0.25) is 0 Å². The summed E-state index contributed by atoms with van der Waals surface area (Å²) in [7, 11) is 0. The lowest BCUT2D eigenvalue weighted by atomic mass is 9.92. The number of rotatable bonds is 3. The van der Waals surface area contributed by atoms with Crippen LogP contribution in [0, 0.1) is 11.8 Å². The van der Waals surface area contributed by atoms with Crippen molar-refractivity contribution in [1.82, 2.24) is 0 Å². The predicted octanol–water partition coefficient (Wildman–Crippen LogP) is 3.89. The van der Waals surface area contributed by atoms with Gasteiger partial charge in [0.15, 0.2) is 0 Å². The standard InChI is InChI=1S/C19H18O/c1-19(20,18-14-8-3-9-15-18)16-10-4-7-13-17-11-5-2-6-12-17/h2-6,8-12,14-15,20H,16H2,1H3/b10-4-/t19-/m1/s1. The zero-order valence-electron chi connectivity index (χ0n) is 11.6. The zero-order valence-corrected chi connectivity index (χ0v) is 11.6. The summed E-state index contributed by atoms with van der Waals surface area (Å²) < 4.78 is 0. The van der Waals surface area contributed by atoms with Gasteiger partial charge in [0.25, 0.3) is 0 Å². The van der Waals surface area contributed by atoms with E-state index in [9.17, 15) is 5.11 Å². The van der Waals surface area contributed by atoms with Gasteiger partial charge in [-0.1, -0.05) is 66.4 Å². The van der Waals surface area contributed by atoms with Crippen LogP contribution in [0.4, 0.5) is 0 Å². The Hall–Kier alpha value is -2.30. The molecule has 0 spiro atoms. The molecule has 100 valence electrons. The van der Waals surface area contributed by atoms with E-state index in [4.69, 9.17) is 0 Å². The molecule has 2 rings (SSSR count). The second-order valence-corrected chi connectivity index (χ2v) is 4.88. The maximum atomic E-state index is 10.4. The first-order valence-corrected chi connectivity index (χ1v) is 6.68. The highest BCUT2D eigenvalue weighted by molar-refractivity contribution is 5.36. The van der Waals surface area contributed by atoms with Gasteiger partial charge in [0.05, 0.1) is 5.60 Å². The molecule has 0 heterocycles. The van der Waals surface area contributed by atoms with Crippen molar-refractivity contribution >= 4 is 0 Å². The molecule has 0 aromatic heterocycles. The Morgan fingerprint density at radius 2 is 1.60 bits per heavy atom. The van der Waals surface area contributed by atoms with Crippen LogP contribution in [0.5, 0.6) is 0 Å². The van der Waals surface area contributed by atoms with Crippen molar-refractivity contribution in [3.63, 3.8) is 0 Å². The highest BCUT2D eigenvalue weighted by Gasteiger charge is 2.20. The predicted molar refractivity (Wildman–Crippen MR) is 83.1 cm³/mol. The Morgan fingerprint density at radius 3 is 2.25 bits per heavy atom. The molecule has 0 radical (unpaired) electrons. The lowest BCUT2D eigenvalue weighted by Gasteiger charge is -2.21. The lowest BCUT2D eigenvalue weighted by molar-refractivity contribution is 0.0606. The summed E-state index contributed by atoms with van der Waals surface area (Å²) in [6, 6.07) is 19.5. The summed E-state index contributed by atoms with van der Waals surface area (Å²) in [4.78, 5) is 0. The number of hydrogen-bond acceptors (Lipinski definition) is 1. The van der Waals surface area contributed by atoms with Gasteiger partial charge in [0.1, 0.15) is 0 Å². The normalized spacial score (nSPS) is 13.5. The molecule has 0 fully saturated rings. The van der Waals surface area contributed by atoms with Crippen LogP contribution in [0.15, 0.2) is 72.8 Å². The minimum atomic E-state index is -0.855. The highest BCUT2D eigenvalue weighted by atomic mass is 16.3. The second-order valence-electron chi connectivity index (χ2n) is 4.88. The molecule has 1 nitrogen and oxygen atoms in total. The van der Waals surface area contributed by atoms with Gasteiger partial charge in [-0.05, 0) is 37.1 Å². The van der Waals surface area contributed by atoms with Crippen molar-refractivity contribution in [2.45, 2.75) is 18.9 Å². The average molecular weight is 262 g/mol. The topological polar surface area (TPSA) is 20.2 Å². The van der Waals surface area contributed by atoms with E-state index in [2.05, 4.69) is 11.8 Å². The smallest absolute Gasteiger partial charge is 0.0903 e. The first-order valence-electron chi connectivity index (χ1n) is 6.68. The third-order valence-corrected chi connectivity index (χ3v) is 3.10. The number of allylic oxidation sites excluding steroid dienone is 1. The molecular formula is C19H18O. The van der Waals surface area contributed by atoms with E-state index in [1.54, 1.807) is 6.08 Å². The molecule has 0 aliphatic carbocycles. The molecule has 0 aliphatic heterocycles. The number of aliphatic hydroxyl groups is 1. The number of benzene rings is 2. The Morgan fingerprint density at radius 1 is 1.00 bits per heavy atom. The Kier molecular flexibility index (Phi) is 4.76. The molecule has 0 unspecified atom stereocenters. The van der Waals surface area contributed by atoms with E-state index in [-0.39, 0.29) is 0 Å². The zero-order chi connectivity index (χ0) is 14.3. The van der Waals surface area contributed by atoms with Crippen molar-refractivity contribution < 1.29 is 5.11 Å². The van der Waals surface area contributed by atoms with Crippen LogP contribution in [-0.2, 0) is 5.60 Å². The quantitative estimate of drug-likeness (QED) is 0.832. The molecule has 1 atom stereocenters. The molecule has 1 N–H and O–H groups in total. The summed E-state index contributed by atoms with van der Waals surface area (Å²) in [5.74, 6) is 6.04. The molecule has 0 bridgehead atoms. The lowest BCUT2D eigenvalue weighted by Crippen LogP contribution is -2.19. The molecule has 0 aliphatic rings. The minimum Gasteiger partial charge on any atom is -0.385 e. The van der Waals surface area contributed by atoms with Crippen molar-refractivity contribution in [2.24, 2.45) is 0 Å². The third kappa shape index (κ3) is 4.12. The maximum Gasteiger partial charge on any atom is 0.0903 e. The van der Waals surface area contributed by atoms with Gasteiger partial charge in [0, 0.05) is 5.56 Å². The Balaban J connectivity index is 1.95. The SMILES string of the molecule is C[C@@](O)(C/C=C\C#Cc1ccccc1)c1ccccc1. The fourth-order valence-electron chi connectivity index (χ4n) is 1.91. The molecule has 0 saturated carbocycles. The second kappa shape index (κ2) is 6.75. The van der Waals surface area contributed by atoms with Crippen LogP contribution < -0.4 is 0 Å². The van der Waals surface area contributed by atoms with E-state index in [0.717, 1.165) is 11.1 Å². The summed E-state index contributed by atoms with van der Waals surface area (Å²) in [5, 5.41) is 10.4. The van der Waals surface area contributed by atoms with Crippen molar-refractivity contribution in [3.05, 3.63) is 83.9 Å². The summed E-state index contributed by atoms with van der Waals surface area (Å²) in [6.45, 7) is 1.82. The van der Waals surface area contributed by atoms with Crippen LogP contribution >= 0.6 is 0 Å². The first-order chi connectivity index (χ1) is 9.68. The molecule has 1 heteroatoms. The van der Waals surface area contributed by atoms with E-state index in [1.807, 2.05) is 73.7 Å². The molecule has 0 amide bonds. The fraction of sp³-hybridized carbons (Fsp3) is 0.158. The summed E-state index contributed by atoms with van der Waals surface area (Å²) in [5.41, 5.74) is 1.05. The monoisotopic (exact) mass is 262 g/mol. The van der Waals surface area contributed by atoms with Crippen LogP contribution in [0.3, 0.4) is 0 Å². The minimum absolute atomic E-state index is 0.542. The van der Waals surface area contributed by atoms with Gasteiger partial charge in [0.2, 0.25) is 0 Å². The van der Waals surface area contributed by atoms with Gasteiger partial charge in [-0.25, -0.2) is 0 Å².